The van der Waals surface area contributed by atoms with E-state index in [2.05, 4.69) is 0 Å². The Bertz CT molecular complexity index is 1150. The largest absolute Gasteiger partial charge is 0.493 e. The van der Waals surface area contributed by atoms with Gasteiger partial charge in [0.05, 0.1) is 27.0 Å². The molecular weight excluding hydrogens is 425 g/mol. The third kappa shape index (κ3) is 3.96. The van der Waals surface area contributed by atoms with E-state index in [4.69, 9.17) is 14.2 Å². The van der Waals surface area contributed by atoms with Crippen LogP contribution in [0.25, 0.3) is 0 Å². The van der Waals surface area contributed by atoms with Crippen molar-refractivity contribution in [3.05, 3.63) is 59.0 Å². The highest BCUT2D eigenvalue weighted by Gasteiger charge is 2.45. The topological polar surface area (TPSA) is 65.1 Å². The number of nitrogens with zero attached hydrogens (tertiary/aromatic N) is 1. The fourth-order valence-electron chi connectivity index (χ4n) is 4.99. The van der Waals surface area contributed by atoms with Crippen molar-refractivity contribution < 1.29 is 28.2 Å². The van der Waals surface area contributed by atoms with Crippen LogP contribution in [0.2, 0.25) is 0 Å². The number of carbonyl (C=O) groups excluding carboxylic acids is 2. The normalized spacial score (nSPS) is 19.9. The van der Waals surface area contributed by atoms with Crippen molar-refractivity contribution in [2.24, 2.45) is 5.41 Å². The zero-order valence-corrected chi connectivity index (χ0v) is 19.5. The van der Waals surface area contributed by atoms with Gasteiger partial charge in [-0.05, 0) is 36.1 Å². The molecule has 4 rings (SSSR count). The lowest BCUT2D eigenvalue weighted by Gasteiger charge is -2.43. The zero-order chi connectivity index (χ0) is 23.9. The van der Waals surface area contributed by atoms with Gasteiger partial charge >= 0.3 is 0 Å². The summed E-state index contributed by atoms with van der Waals surface area (Å²) < 4.78 is 30.6. The molecule has 0 radical (unpaired) electrons. The summed E-state index contributed by atoms with van der Waals surface area (Å²) in [6.45, 7) is 4.01. The van der Waals surface area contributed by atoms with E-state index in [1.54, 1.807) is 18.2 Å². The van der Waals surface area contributed by atoms with Gasteiger partial charge in [-0.2, -0.15) is 0 Å². The lowest BCUT2D eigenvalue weighted by molar-refractivity contribution is -0.121. The van der Waals surface area contributed by atoms with Gasteiger partial charge in [0.2, 0.25) is 11.7 Å². The monoisotopic (exact) mass is 453 g/mol. The highest BCUT2D eigenvalue weighted by molar-refractivity contribution is 6.08. The lowest BCUT2D eigenvalue weighted by atomic mass is 9.69. The van der Waals surface area contributed by atoms with E-state index in [0.29, 0.717) is 52.6 Å². The number of anilines is 1. The number of Topliss-reactive ketones (excluding diaryl/α,β-unsaturated/α-hetero) is 1. The van der Waals surface area contributed by atoms with E-state index in [0.717, 1.165) is 0 Å². The Morgan fingerprint density at radius 1 is 0.970 bits per heavy atom. The molecule has 1 aliphatic carbocycles. The molecule has 1 atom stereocenters. The van der Waals surface area contributed by atoms with Gasteiger partial charge in [0.1, 0.15) is 5.82 Å². The van der Waals surface area contributed by atoms with Gasteiger partial charge in [0, 0.05) is 35.6 Å². The Kier molecular flexibility index (Phi) is 5.91. The maximum absolute atomic E-state index is 14.0. The summed E-state index contributed by atoms with van der Waals surface area (Å²) in [4.78, 5) is 28.5. The molecule has 0 spiro atoms. The Balaban J connectivity index is 1.95. The lowest BCUT2D eigenvalue weighted by Crippen LogP contribution is -2.43. The van der Waals surface area contributed by atoms with Gasteiger partial charge in [-0.15, -0.1) is 0 Å². The predicted molar refractivity (Wildman–Crippen MR) is 122 cm³/mol. The predicted octanol–water partition coefficient (Wildman–Crippen LogP) is 5.02. The van der Waals surface area contributed by atoms with Gasteiger partial charge in [0.15, 0.2) is 17.3 Å². The van der Waals surface area contributed by atoms with Crippen molar-refractivity contribution in [2.75, 3.05) is 26.2 Å². The average molecular weight is 454 g/mol. The smallest absolute Gasteiger partial charge is 0.232 e. The van der Waals surface area contributed by atoms with Crippen LogP contribution in [-0.4, -0.2) is 33.0 Å². The number of amides is 1. The van der Waals surface area contributed by atoms with Crippen LogP contribution < -0.4 is 19.1 Å². The molecule has 2 aromatic rings. The zero-order valence-electron chi connectivity index (χ0n) is 19.5. The molecule has 0 bridgehead atoms. The second-order valence-electron chi connectivity index (χ2n) is 9.19. The highest BCUT2D eigenvalue weighted by Crippen LogP contribution is 2.52. The molecule has 1 aliphatic heterocycles. The van der Waals surface area contributed by atoms with Gasteiger partial charge in [0.25, 0.3) is 0 Å². The quantitative estimate of drug-likeness (QED) is 0.636. The summed E-state index contributed by atoms with van der Waals surface area (Å²) in [5.41, 5.74) is 1.98. The third-order valence-corrected chi connectivity index (χ3v) is 6.32. The second kappa shape index (κ2) is 8.54. The van der Waals surface area contributed by atoms with Crippen molar-refractivity contribution in [1.29, 1.82) is 0 Å². The molecule has 0 saturated heterocycles. The van der Waals surface area contributed by atoms with Crippen molar-refractivity contribution in [2.45, 2.75) is 39.0 Å². The van der Waals surface area contributed by atoms with Gasteiger partial charge in [-0.1, -0.05) is 26.0 Å². The molecular formula is C26H28FNO5. The molecule has 0 fully saturated rings. The number of benzene rings is 2. The molecule has 7 heteroatoms. The number of ketones is 1. The SMILES string of the molecule is COc1ccc(C2CC(=O)N(c3cccc(F)c3)C3=C2C(=O)CC(C)(C)C3)c(OC)c1OC. The number of hydrogen-bond donors (Lipinski definition) is 0. The van der Waals surface area contributed by atoms with Gasteiger partial charge in [-0.3, -0.25) is 14.5 Å². The van der Waals surface area contributed by atoms with E-state index in [9.17, 15) is 14.0 Å². The summed E-state index contributed by atoms with van der Waals surface area (Å²) in [6, 6.07) is 9.48. The first-order chi connectivity index (χ1) is 15.7. The van der Waals surface area contributed by atoms with E-state index >= 15 is 0 Å². The van der Waals surface area contributed by atoms with Gasteiger partial charge < -0.3 is 14.2 Å². The molecule has 1 unspecified atom stereocenters. The molecule has 1 heterocycles. The molecule has 0 saturated carbocycles. The van der Waals surface area contributed by atoms with Crippen LogP contribution in [0.3, 0.4) is 0 Å². The third-order valence-electron chi connectivity index (χ3n) is 6.32. The summed E-state index contributed by atoms with van der Waals surface area (Å²) in [6.07, 6.45) is 0.929. The fraction of sp³-hybridized carbons (Fsp3) is 0.385. The van der Waals surface area contributed by atoms with Gasteiger partial charge in [-0.25, -0.2) is 4.39 Å². The standard InChI is InChI=1S/C26H28FNO5/c1-26(2)13-19-23(20(29)14-26)18(12-22(30)28(19)16-8-6-7-15(27)11-16)17-9-10-21(31-3)25(33-5)24(17)32-4/h6-11,18H,12-14H2,1-5H3. The van der Waals surface area contributed by atoms with E-state index in [-0.39, 0.29) is 23.5 Å². The number of hydrogen-bond acceptors (Lipinski definition) is 5. The van der Waals surface area contributed by atoms with Crippen LogP contribution in [0.4, 0.5) is 10.1 Å². The van der Waals surface area contributed by atoms with Crippen LogP contribution in [0, 0.1) is 11.2 Å². The average Bonchev–Trinajstić information content (AvgIpc) is 2.76. The summed E-state index contributed by atoms with van der Waals surface area (Å²) in [7, 11) is 4.57. The maximum atomic E-state index is 14.0. The first kappa shape index (κ1) is 22.8. The highest BCUT2D eigenvalue weighted by atomic mass is 19.1. The maximum Gasteiger partial charge on any atom is 0.232 e. The van der Waals surface area contributed by atoms with E-state index < -0.39 is 11.7 Å². The van der Waals surface area contributed by atoms with Crippen LogP contribution >= 0.6 is 0 Å². The molecule has 0 aromatic heterocycles. The van der Waals surface area contributed by atoms with Crippen molar-refractivity contribution in [3.8, 4) is 17.2 Å². The molecule has 6 nitrogen and oxygen atoms in total. The number of ether oxygens (including phenoxy) is 3. The Hall–Kier alpha value is -3.35. The second-order valence-corrected chi connectivity index (χ2v) is 9.19. The van der Waals surface area contributed by atoms with Crippen molar-refractivity contribution in [1.82, 2.24) is 0 Å². The number of rotatable bonds is 5. The van der Waals surface area contributed by atoms with Crippen LogP contribution in [0.5, 0.6) is 17.2 Å². The number of halogens is 1. The molecule has 1 amide bonds. The number of methoxy groups -OCH3 is 3. The summed E-state index contributed by atoms with van der Waals surface area (Å²) in [5.74, 6) is 0.167. The summed E-state index contributed by atoms with van der Waals surface area (Å²) >= 11 is 0. The molecule has 2 aliphatic rings. The molecule has 2 aromatic carbocycles. The molecule has 174 valence electrons. The first-order valence-corrected chi connectivity index (χ1v) is 10.8. The van der Waals surface area contributed by atoms with E-state index in [1.807, 2.05) is 19.9 Å². The van der Waals surface area contributed by atoms with Crippen LogP contribution in [0.1, 0.15) is 44.6 Å². The Labute approximate surface area is 192 Å². The molecule has 0 N–H and O–H groups in total. The minimum atomic E-state index is -0.504. The Morgan fingerprint density at radius 3 is 2.33 bits per heavy atom. The minimum absolute atomic E-state index is 0.0167. The van der Waals surface area contributed by atoms with E-state index in [1.165, 1.54) is 38.4 Å². The van der Waals surface area contributed by atoms with Crippen LogP contribution in [0.15, 0.2) is 47.7 Å². The van der Waals surface area contributed by atoms with Crippen molar-refractivity contribution >= 4 is 17.4 Å². The number of allylic oxidation sites excluding steroid dienone is 2. The van der Waals surface area contributed by atoms with Crippen LogP contribution in [-0.2, 0) is 9.59 Å². The Morgan fingerprint density at radius 2 is 1.70 bits per heavy atom. The fourth-order valence-corrected chi connectivity index (χ4v) is 4.99. The molecule has 33 heavy (non-hydrogen) atoms. The minimum Gasteiger partial charge on any atom is -0.493 e. The first-order valence-electron chi connectivity index (χ1n) is 10.8. The summed E-state index contributed by atoms with van der Waals surface area (Å²) in [5, 5.41) is 0. The number of carbonyl (C=O) groups is 2. The van der Waals surface area contributed by atoms with Crippen molar-refractivity contribution in [3.63, 3.8) is 0 Å².